The molecule has 1 aromatic carbocycles. The molecule has 1 unspecified atom stereocenters. The predicted octanol–water partition coefficient (Wildman–Crippen LogP) is 3.42. The average molecular weight is 485 g/mol. The molecular weight excluding hydrogens is 454 g/mol. The second-order valence-corrected chi connectivity index (χ2v) is 8.13. The van der Waals surface area contributed by atoms with Gasteiger partial charge in [0.2, 0.25) is 0 Å². The molecule has 0 bridgehead atoms. The van der Waals surface area contributed by atoms with Gasteiger partial charge in [-0.3, -0.25) is 4.79 Å². The first-order valence-corrected chi connectivity index (χ1v) is 10.3. The topological polar surface area (TPSA) is 170 Å². The van der Waals surface area contributed by atoms with Crippen molar-refractivity contribution in [2.45, 2.75) is 64.2 Å². The highest BCUT2D eigenvalue weighted by Gasteiger charge is 2.38. The molecule has 0 aliphatic rings. The van der Waals surface area contributed by atoms with Crippen LogP contribution in [0.25, 0.3) is 0 Å². The Morgan fingerprint density at radius 1 is 1.00 bits per heavy atom. The van der Waals surface area contributed by atoms with E-state index in [2.05, 4.69) is 9.47 Å². The third-order valence-electron chi connectivity index (χ3n) is 4.83. The van der Waals surface area contributed by atoms with E-state index in [1.165, 1.54) is 25.1 Å². The van der Waals surface area contributed by atoms with Crippen molar-refractivity contribution in [3.05, 3.63) is 23.8 Å². The van der Waals surface area contributed by atoms with Gasteiger partial charge >= 0.3 is 24.4 Å². The Hall–Kier alpha value is -3.54. The van der Waals surface area contributed by atoms with Gasteiger partial charge in [0, 0.05) is 12.8 Å². The fourth-order valence-electron chi connectivity index (χ4n) is 2.73. The molecule has 34 heavy (non-hydrogen) atoms. The molecule has 0 saturated carbocycles. The molecular formula is C22H31NO11. The Morgan fingerprint density at radius 3 is 2.06 bits per heavy atom. The summed E-state index contributed by atoms with van der Waals surface area (Å²) in [5, 5.41) is 9.77. The van der Waals surface area contributed by atoms with E-state index in [0.29, 0.717) is 12.0 Å². The van der Waals surface area contributed by atoms with Gasteiger partial charge in [-0.25, -0.2) is 14.4 Å². The normalized spacial score (nSPS) is 13.6. The average Bonchev–Trinajstić information content (AvgIpc) is 2.74. The van der Waals surface area contributed by atoms with Crippen molar-refractivity contribution in [3.8, 4) is 11.5 Å². The third kappa shape index (κ3) is 8.77. The number of benzene rings is 1. The molecule has 0 aliphatic carbocycles. The molecule has 0 fully saturated rings. The number of aliphatic carboxylic acids is 1. The molecule has 0 amide bonds. The molecule has 0 saturated heterocycles. The number of nitrogens with two attached hydrogens (primary N) is 1. The van der Waals surface area contributed by atoms with Gasteiger partial charge in [0.15, 0.2) is 11.5 Å². The summed E-state index contributed by atoms with van der Waals surface area (Å²) in [4.78, 5) is 47.0. The zero-order chi connectivity index (χ0) is 26.1. The molecule has 1 rings (SSSR count). The second-order valence-electron chi connectivity index (χ2n) is 8.13. The summed E-state index contributed by atoms with van der Waals surface area (Å²) in [5.74, 6) is -1.75. The number of hydrogen-bond acceptors (Lipinski definition) is 11. The van der Waals surface area contributed by atoms with Crippen molar-refractivity contribution >= 4 is 24.4 Å². The molecule has 190 valence electrons. The lowest BCUT2D eigenvalue weighted by Crippen LogP contribution is -2.52. The maximum Gasteiger partial charge on any atom is 0.513 e. The predicted molar refractivity (Wildman–Crippen MR) is 117 cm³/mol. The quantitative estimate of drug-likeness (QED) is 0.281. The summed E-state index contributed by atoms with van der Waals surface area (Å²) in [6.07, 6.45) is -3.94. The van der Waals surface area contributed by atoms with E-state index in [4.69, 9.17) is 24.7 Å². The highest BCUT2D eigenvalue weighted by molar-refractivity contribution is 5.79. The molecule has 3 N–H and O–H groups in total. The molecule has 2 atom stereocenters. The van der Waals surface area contributed by atoms with Gasteiger partial charge in [-0.05, 0) is 44.9 Å². The molecule has 0 aromatic heterocycles. The molecule has 0 radical (unpaired) electrons. The van der Waals surface area contributed by atoms with Crippen molar-refractivity contribution < 1.29 is 52.7 Å². The van der Waals surface area contributed by atoms with Gasteiger partial charge in [-0.2, -0.15) is 0 Å². The Morgan fingerprint density at radius 2 is 1.56 bits per heavy atom. The number of methoxy groups -OCH3 is 2. The minimum absolute atomic E-state index is 0.170. The number of carboxylic acids is 1. The van der Waals surface area contributed by atoms with Crippen LogP contribution in [0.1, 0.15) is 46.1 Å². The second kappa shape index (κ2) is 12.1. The van der Waals surface area contributed by atoms with E-state index in [9.17, 15) is 24.3 Å². The van der Waals surface area contributed by atoms with Crippen molar-refractivity contribution in [2.24, 2.45) is 5.73 Å². The largest absolute Gasteiger partial charge is 0.513 e. The standard InChI is InChI=1S/C22H31NO11/c1-7-21(3,4)34-20(28)31-13(2)11-22(23,17(24)25)12-14-8-9-15(32-18(26)29-5)16(10-14)33-19(27)30-6/h8-10,13H,7,11-12,23H2,1-6H3,(H,24,25)/t13-,22?/m0/s1. The van der Waals surface area contributed by atoms with E-state index in [1.54, 1.807) is 13.8 Å². The van der Waals surface area contributed by atoms with Crippen LogP contribution in [-0.2, 0) is 30.2 Å². The van der Waals surface area contributed by atoms with E-state index < -0.39 is 41.7 Å². The Balaban J connectivity index is 3.08. The summed E-state index contributed by atoms with van der Waals surface area (Å²) < 4.78 is 29.1. The lowest BCUT2D eigenvalue weighted by atomic mass is 9.86. The van der Waals surface area contributed by atoms with Crippen LogP contribution in [0, 0.1) is 0 Å². The number of carbonyl (C=O) groups excluding carboxylic acids is 3. The van der Waals surface area contributed by atoms with Crippen LogP contribution in [-0.4, -0.2) is 61.0 Å². The highest BCUT2D eigenvalue weighted by Crippen LogP contribution is 2.31. The van der Waals surface area contributed by atoms with E-state index in [-0.39, 0.29) is 24.3 Å². The first-order chi connectivity index (χ1) is 15.7. The molecule has 0 heterocycles. The van der Waals surface area contributed by atoms with Gasteiger partial charge < -0.3 is 39.3 Å². The number of carbonyl (C=O) groups is 4. The van der Waals surface area contributed by atoms with Crippen LogP contribution < -0.4 is 15.2 Å². The van der Waals surface area contributed by atoms with E-state index >= 15 is 0 Å². The lowest BCUT2D eigenvalue weighted by molar-refractivity contribution is -0.145. The zero-order valence-corrected chi connectivity index (χ0v) is 20.0. The van der Waals surface area contributed by atoms with Gasteiger partial charge in [-0.15, -0.1) is 0 Å². The van der Waals surface area contributed by atoms with Crippen molar-refractivity contribution in [3.63, 3.8) is 0 Å². The summed E-state index contributed by atoms with van der Waals surface area (Å²) in [7, 11) is 2.17. The highest BCUT2D eigenvalue weighted by atomic mass is 16.7. The molecule has 0 aliphatic heterocycles. The maximum atomic E-state index is 12.0. The zero-order valence-electron chi connectivity index (χ0n) is 20.0. The Labute approximate surface area is 197 Å². The number of rotatable bonds is 10. The van der Waals surface area contributed by atoms with Crippen LogP contribution in [0.4, 0.5) is 14.4 Å². The third-order valence-corrected chi connectivity index (χ3v) is 4.83. The van der Waals surface area contributed by atoms with Crippen molar-refractivity contribution in [2.75, 3.05) is 14.2 Å². The molecule has 12 heteroatoms. The Bertz CT molecular complexity index is 899. The van der Waals surface area contributed by atoms with Crippen molar-refractivity contribution in [1.82, 2.24) is 0 Å². The summed E-state index contributed by atoms with van der Waals surface area (Å²) in [6.45, 7) is 6.76. The molecule has 0 spiro atoms. The number of hydrogen-bond donors (Lipinski definition) is 2. The van der Waals surface area contributed by atoms with Crippen LogP contribution >= 0.6 is 0 Å². The molecule has 1 aromatic rings. The van der Waals surface area contributed by atoms with Gasteiger partial charge in [0.25, 0.3) is 0 Å². The van der Waals surface area contributed by atoms with Crippen LogP contribution in [0.2, 0.25) is 0 Å². The smallest absolute Gasteiger partial charge is 0.480 e. The first kappa shape index (κ1) is 28.5. The summed E-state index contributed by atoms with van der Waals surface area (Å²) in [6, 6.07) is 3.97. The minimum Gasteiger partial charge on any atom is -0.480 e. The Kier molecular flexibility index (Phi) is 10.1. The number of carboxylic acid groups (broad SMARTS) is 1. The number of ether oxygens (including phenoxy) is 6. The first-order valence-electron chi connectivity index (χ1n) is 10.3. The fraction of sp³-hybridized carbons (Fsp3) is 0.545. The maximum absolute atomic E-state index is 12.0. The van der Waals surface area contributed by atoms with Crippen LogP contribution in [0.15, 0.2) is 18.2 Å². The van der Waals surface area contributed by atoms with E-state index in [0.717, 1.165) is 14.2 Å². The fourth-order valence-corrected chi connectivity index (χ4v) is 2.73. The van der Waals surface area contributed by atoms with Crippen LogP contribution in [0.3, 0.4) is 0 Å². The summed E-state index contributed by atoms with van der Waals surface area (Å²) in [5.41, 5.74) is 3.86. The van der Waals surface area contributed by atoms with Crippen molar-refractivity contribution in [1.29, 1.82) is 0 Å². The summed E-state index contributed by atoms with van der Waals surface area (Å²) >= 11 is 0. The van der Waals surface area contributed by atoms with Gasteiger partial charge in [0.05, 0.1) is 14.2 Å². The van der Waals surface area contributed by atoms with Gasteiger partial charge in [0.1, 0.15) is 17.2 Å². The monoisotopic (exact) mass is 485 g/mol. The minimum atomic E-state index is -1.87. The molecule has 12 nitrogen and oxygen atoms in total. The SMILES string of the molecule is CCC(C)(C)OC(=O)O[C@@H](C)CC(N)(Cc1ccc(OC(=O)OC)c(OC(=O)OC)c1)C(=O)O. The van der Waals surface area contributed by atoms with Crippen LogP contribution in [0.5, 0.6) is 11.5 Å². The lowest BCUT2D eigenvalue weighted by Gasteiger charge is -2.29. The van der Waals surface area contributed by atoms with Gasteiger partial charge in [-0.1, -0.05) is 13.0 Å². The van der Waals surface area contributed by atoms with E-state index in [1.807, 2.05) is 6.92 Å².